The van der Waals surface area contributed by atoms with Crippen LogP contribution in [-0.4, -0.2) is 52.0 Å². The Morgan fingerprint density at radius 2 is 1.59 bits per heavy atom. The van der Waals surface area contributed by atoms with Crippen molar-refractivity contribution in [3.63, 3.8) is 0 Å². The summed E-state index contributed by atoms with van der Waals surface area (Å²) in [5.41, 5.74) is 1.00. The Morgan fingerprint density at radius 1 is 0.949 bits per heavy atom. The Labute approximate surface area is 232 Å². The van der Waals surface area contributed by atoms with Crippen LogP contribution >= 0.6 is 0 Å². The average molecular weight is 558 g/mol. The monoisotopic (exact) mass is 557 g/mol. The predicted molar refractivity (Wildman–Crippen MR) is 155 cm³/mol. The maximum absolute atomic E-state index is 11.1. The third-order valence-corrected chi connectivity index (χ3v) is 8.47. The van der Waals surface area contributed by atoms with Gasteiger partial charge in [-0.25, -0.2) is 13.1 Å². The summed E-state index contributed by atoms with van der Waals surface area (Å²) in [4.78, 5) is 12.7. The molecule has 0 atom stereocenters. The fourth-order valence-corrected chi connectivity index (χ4v) is 5.60. The summed E-state index contributed by atoms with van der Waals surface area (Å²) in [7, 11) is -2.94. The van der Waals surface area contributed by atoms with E-state index in [0.717, 1.165) is 31.2 Å². The predicted octanol–water partition coefficient (Wildman–Crippen LogP) is 5.68. The largest absolute Gasteiger partial charge is 0.462 e. The van der Waals surface area contributed by atoms with Gasteiger partial charge in [0.1, 0.15) is 6.10 Å². The summed E-state index contributed by atoms with van der Waals surface area (Å²) >= 11 is 0. The first-order valence-electron chi connectivity index (χ1n) is 14.0. The minimum Gasteiger partial charge on any atom is -0.462 e. The van der Waals surface area contributed by atoms with Crippen LogP contribution < -0.4 is 4.72 Å². The minimum atomic E-state index is -2.94. The fourth-order valence-electron chi connectivity index (χ4n) is 4.00. The topological polar surface area (TPSA) is 116 Å². The molecule has 0 bridgehead atoms. The number of ether oxygens (including phenoxy) is 1. The molecule has 1 aromatic heterocycles. The van der Waals surface area contributed by atoms with Gasteiger partial charge in [-0.2, -0.15) is 4.80 Å². The maximum Gasteiger partial charge on any atom is 0.308 e. The van der Waals surface area contributed by atoms with Crippen molar-refractivity contribution in [1.82, 2.24) is 24.9 Å². The van der Waals surface area contributed by atoms with Crippen molar-refractivity contribution in [3.05, 3.63) is 42.5 Å². The van der Waals surface area contributed by atoms with Gasteiger partial charge in [0.25, 0.3) is 0 Å². The maximum atomic E-state index is 11.1. The van der Waals surface area contributed by atoms with E-state index in [9.17, 15) is 13.2 Å². The molecule has 9 nitrogen and oxygen atoms in total. The quantitative estimate of drug-likeness (QED) is 0.372. The zero-order valence-electron chi connectivity index (χ0n) is 24.0. The van der Waals surface area contributed by atoms with E-state index in [2.05, 4.69) is 44.4 Å². The van der Waals surface area contributed by atoms with Gasteiger partial charge in [-0.1, -0.05) is 50.2 Å². The highest BCUT2D eigenvalue weighted by Gasteiger charge is 2.35. The Kier molecular flexibility index (Phi) is 11.0. The molecule has 0 spiro atoms. The highest BCUT2D eigenvalue weighted by Crippen LogP contribution is 2.27. The van der Waals surface area contributed by atoms with Gasteiger partial charge in [0.05, 0.1) is 17.2 Å². The van der Waals surface area contributed by atoms with Crippen LogP contribution in [0.1, 0.15) is 86.1 Å². The number of carbonyl (C=O) groups is 1. The number of nitrogens with zero attached hydrogens (tertiary/aromatic N) is 4. The van der Waals surface area contributed by atoms with Crippen LogP contribution in [0.2, 0.25) is 0 Å². The number of rotatable bonds is 7. The molecule has 2 fully saturated rings. The summed E-state index contributed by atoms with van der Waals surface area (Å²) in [6, 6.07) is 14.7. The second-order valence-corrected chi connectivity index (χ2v) is 13.1. The van der Waals surface area contributed by atoms with Gasteiger partial charge >= 0.3 is 5.97 Å². The molecule has 2 aliphatic rings. The normalized spacial score (nSPS) is 15.7. The summed E-state index contributed by atoms with van der Waals surface area (Å²) in [6.45, 7) is 11.5. The van der Waals surface area contributed by atoms with Crippen LogP contribution in [0.25, 0.3) is 22.2 Å². The second kappa shape index (κ2) is 14.0. The summed E-state index contributed by atoms with van der Waals surface area (Å²) in [6.07, 6.45) is 6.47. The Bertz CT molecular complexity index is 1310. The van der Waals surface area contributed by atoms with Gasteiger partial charge in [-0.3, -0.25) is 4.79 Å². The molecule has 2 saturated carbocycles. The highest BCUT2D eigenvalue weighted by atomic mass is 32.2. The first-order chi connectivity index (χ1) is 18.5. The van der Waals surface area contributed by atoms with E-state index >= 15 is 0 Å². The number of benzene rings is 2. The van der Waals surface area contributed by atoms with E-state index in [4.69, 9.17) is 4.74 Å². The lowest BCUT2D eigenvalue weighted by atomic mass is 10.1. The van der Waals surface area contributed by atoms with Crippen molar-refractivity contribution in [1.29, 1.82) is 0 Å². The summed E-state index contributed by atoms with van der Waals surface area (Å²) < 4.78 is 30.0. The molecule has 2 aromatic carbocycles. The van der Waals surface area contributed by atoms with E-state index < -0.39 is 10.0 Å². The number of tetrazole rings is 1. The molecule has 0 saturated heterocycles. The van der Waals surface area contributed by atoms with Crippen molar-refractivity contribution < 1.29 is 17.9 Å². The average Bonchev–Trinajstić information content (AvgIpc) is 3.42. The van der Waals surface area contributed by atoms with Gasteiger partial charge in [-0.15, -0.1) is 10.2 Å². The second-order valence-electron chi connectivity index (χ2n) is 11.1. The Morgan fingerprint density at radius 3 is 2.13 bits per heavy atom. The van der Waals surface area contributed by atoms with Crippen LogP contribution in [0.3, 0.4) is 0 Å². The summed E-state index contributed by atoms with van der Waals surface area (Å²) in [5.74, 6) is 0.655. The van der Waals surface area contributed by atoms with Crippen LogP contribution in [0.15, 0.2) is 42.5 Å². The molecular formula is C29H43N5O4S. The first-order valence-corrected chi connectivity index (χ1v) is 15.5. The van der Waals surface area contributed by atoms with Crippen LogP contribution in [0, 0.1) is 5.92 Å². The lowest BCUT2D eigenvalue weighted by molar-refractivity contribution is -0.152. The number of aromatic nitrogens is 4. The van der Waals surface area contributed by atoms with Gasteiger partial charge in [0, 0.05) is 11.6 Å². The highest BCUT2D eigenvalue weighted by molar-refractivity contribution is 7.90. The number of nitrogens with one attached hydrogen (secondary N) is 1. The lowest BCUT2D eigenvalue weighted by Gasteiger charge is -2.12. The van der Waals surface area contributed by atoms with Crippen LogP contribution in [-0.2, 0) is 19.6 Å². The molecule has 3 aromatic rings. The smallest absolute Gasteiger partial charge is 0.308 e. The van der Waals surface area contributed by atoms with Crippen molar-refractivity contribution >= 4 is 26.8 Å². The number of carbonyl (C=O) groups excluding carboxylic acids is 1. The van der Waals surface area contributed by atoms with Crippen molar-refractivity contribution in [2.75, 3.05) is 0 Å². The lowest BCUT2D eigenvalue weighted by Crippen LogP contribution is -2.32. The molecule has 39 heavy (non-hydrogen) atoms. The number of sulfonamides is 1. The Balaban J connectivity index is 0.000000173. The SMILES string of the molecule is CC(C)C(=O)OC1CCCC1.CC(C)NS(=O)(=O)C1CC1.CC(C)n1nnc(-c2ccc3ccccc3c2)n1. The fraction of sp³-hybridized carbons (Fsp3) is 0.586. The third kappa shape index (κ3) is 9.69. The van der Waals surface area contributed by atoms with Gasteiger partial charge < -0.3 is 4.74 Å². The summed E-state index contributed by atoms with van der Waals surface area (Å²) in [5, 5.41) is 14.8. The molecule has 0 unspecified atom stereocenters. The minimum absolute atomic E-state index is 0.0237. The van der Waals surface area contributed by atoms with Gasteiger partial charge in [0.2, 0.25) is 15.8 Å². The Hall–Kier alpha value is -2.85. The van der Waals surface area contributed by atoms with Crippen LogP contribution in [0.4, 0.5) is 0 Å². The van der Waals surface area contributed by atoms with Crippen LogP contribution in [0.5, 0.6) is 0 Å². The van der Waals surface area contributed by atoms with E-state index in [1.807, 2.05) is 59.7 Å². The first kappa shape index (κ1) is 30.7. The van der Waals surface area contributed by atoms with Gasteiger partial charge in [-0.05, 0) is 88.3 Å². The number of hydrogen-bond acceptors (Lipinski definition) is 7. The molecule has 1 N–H and O–H groups in total. The number of esters is 1. The number of hydrogen-bond donors (Lipinski definition) is 1. The molecule has 5 rings (SSSR count). The molecule has 0 radical (unpaired) electrons. The zero-order chi connectivity index (χ0) is 28.6. The van der Waals surface area contributed by atoms with E-state index in [1.54, 1.807) is 4.80 Å². The molecule has 10 heteroatoms. The molecule has 2 aliphatic carbocycles. The van der Waals surface area contributed by atoms with Crippen molar-refractivity contribution in [2.45, 2.75) is 104 Å². The van der Waals surface area contributed by atoms with E-state index in [1.165, 1.54) is 23.6 Å². The molecule has 0 aliphatic heterocycles. The molecule has 0 amide bonds. The van der Waals surface area contributed by atoms with E-state index in [0.29, 0.717) is 5.82 Å². The van der Waals surface area contributed by atoms with Crippen molar-refractivity contribution in [3.8, 4) is 11.4 Å². The molecule has 214 valence electrons. The standard InChI is InChI=1S/C14H14N4.C9H16O2.C6H13NO2S/c1-10(2)18-16-14(15-17-18)13-8-7-11-5-3-4-6-12(11)9-13;1-7(2)9(10)11-8-5-3-4-6-8;1-5(2)7-10(8,9)6-3-4-6/h3-10H,1-2H3;7-8H,3-6H2,1-2H3;5-7H,3-4H2,1-2H3. The molecule has 1 heterocycles. The van der Waals surface area contributed by atoms with Crippen molar-refractivity contribution in [2.24, 2.45) is 5.92 Å². The molecular weight excluding hydrogens is 514 g/mol. The zero-order valence-corrected chi connectivity index (χ0v) is 24.8. The number of fused-ring (bicyclic) bond motifs is 1. The van der Waals surface area contributed by atoms with E-state index in [-0.39, 0.29) is 35.3 Å². The van der Waals surface area contributed by atoms with Gasteiger partial charge in [0.15, 0.2) is 0 Å². The third-order valence-electron chi connectivity index (χ3n) is 6.32.